The van der Waals surface area contributed by atoms with Crippen molar-refractivity contribution in [1.82, 2.24) is 4.90 Å². The minimum atomic E-state index is -0.864. The minimum absolute atomic E-state index is 0.209. The summed E-state index contributed by atoms with van der Waals surface area (Å²) in [5.74, 6) is 0. The molecule has 1 saturated heterocycles. The van der Waals surface area contributed by atoms with Gasteiger partial charge in [-0.1, -0.05) is 78.5 Å². The van der Waals surface area contributed by atoms with Crippen molar-refractivity contribution in [1.29, 1.82) is 0 Å². The van der Waals surface area contributed by atoms with Gasteiger partial charge in [-0.05, 0) is 31.9 Å². The van der Waals surface area contributed by atoms with E-state index in [0.717, 1.165) is 17.4 Å². The van der Waals surface area contributed by atoms with Crippen molar-refractivity contribution < 1.29 is 28.5 Å². The molecule has 5 unspecified atom stereocenters. The molecule has 0 aromatic heterocycles. The van der Waals surface area contributed by atoms with Crippen molar-refractivity contribution in [3.05, 3.63) is 84.4 Å². The minimum Gasteiger partial charge on any atom is -0.443 e. The number of carbonyl (C=O) groups is 2. The predicted octanol–water partition coefficient (Wildman–Crippen LogP) is 4.98. The van der Waals surface area contributed by atoms with Crippen LogP contribution >= 0.6 is 11.8 Å². The van der Waals surface area contributed by atoms with Crippen LogP contribution in [0.3, 0.4) is 0 Å². The molecule has 5 atom stereocenters. The second-order valence-electron chi connectivity index (χ2n) is 10.0. The molecular formula is C29H34N2O6S. The third-order valence-corrected chi connectivity index (χ3v) is 7.06. The number of hydrogen-bond acceptors (Lipinski definition) is 8. The standard InChI is InChI=1S/C29H34N2O6S/c1-5-16-31(28(33)37-29(2,3)4)27-30-23-25(35-19-21-14-10-7-11-15-21)24(22(17-32)36-26(23)38-27)34-18-20-12-8-6-9-13-20/h5-15,17,22-26H,1,16,18-19H2,2-4H3. The Kier molecular flexibility index (Phi) is 9.38. The van der Waals surface area contributed by atoms with E-state index in [-0.39, 0.29) is 13.2 Å². The van der Waals surface area contributed by atoms with Crippen LogP contribution in [0.1, 0.15) is 31.9 Å². The van der Waals surface area contributed by atoms with Gasteiger partial charge in [-0.25, -0.2) is 4.79 Å². The zero-order valence-corrected chi connectivity index (χ0v) is 22.7. The molecule has 0 radical (unpaired) electrons. The van der Waals surface area contributed by atoms with E-state index in [4.69, 9.17) is 23.9 Å². The van der Waals surface area contributed by atoms with Gasteiger partial charge in [0.15, 0.2) is 11.5 Å². The summed E-state index contributed by atoms with van der Waals surface area (Å²) in [5, 5.41) is 0.427. The predicted molar refractivity (Wildman–Crippen MR) is 147 cm³/mol. The van der Waals surface area contributed by atoms with Crippen molar-refractivity contribution in [2.75, 3.05) is 6.54 Å². The van der Waals surface area contributed by atoms with Crippen LogP contribution in [0.25, 0.3) is 0 Å². The molecule has 0 spiro atoms. The third-order valence-electron chi connectivity index (χ3n) is 5.90. The van der Waals surface area contributed by atoms with Crippen LogP contribution in [0.5, 0.6) is 0 Å². The summed E-state index contributed by atoms with van der Waals surface area (Å²) < 4.78 is 24.4. The molecule has 1 fully saturated rings. The molecule has 0 N–H and O–H groups in total. The van der Waals surface area contributed by atoms with Gasteiger partial charge >= 0.3 is 6.09 Å². The molecule has 2 heterocycles. The Balaban J connectivity index is 1.61. The molecule has 2 aliphatic rings. The lowest BCUT2D eigenvalue weighted by molar-refractivity contribution is -0.193. The molecule has 1 amide bonds. The number of carbonyl (C=O) groups excluding carboxylic acids is 2. The molecule has 38 heavy (non-hydrogen) atoms. The molecule has 9 heteroatoms. The molecule has 2 aliphatic heterocycles. The highest BCUT2D eigenvalue weighted by Crippen LogP contribution is 2.40. The van der Waals surface area contributed by atoms with Crippen LogP contribution in [0.4, 0.5) is 4.79 Å². The van der Waals surface area contributed by atoms with Gasteiger partial charge in [-0.3, -0.25) is 9.89 Å². The summed E-state index contributed by atoms with van der Waals surface area (Å²) in [6, 6.07) is 19.0. The molecule has 202 valence electrons. The number of nitrogens with zero attached hydrogens (tertiary/aromatic N) is 2. The Bertz CT molecular complexity index is 1120. The topological polar surface area (TPSA) is 86.7 Å². The first-order valence-electron chi connectivity index (χ1n) is 12.6. The maximum absolute atomic E-state index is 13.0. The van der Waals surface area contributed by atoms with Gasteiger partial charge in [0.1, 0.15) is 35.4 Å². The highest BCUT2D eigenvalue weighted by molar-refractivity contribution is 8.14. The fourth-order valence-corrected chi connectivity index (χ4v) is 5.38. The van der Waals surface area contributed by atoms with Gasteiger partial charge in [0.25, 0.3) is 0 Å². The van der Waals surface area contributed by atoms with E-state index in [1.807, 2.05) is 60.7 Å². The maximum Gasteiger partial charge on any atom is 0.416 e. The third kappa shape index (κ3) is 7.11. The van der Waals surface area contributed by atoms with E-state index in [9.17, 15) is 9.59 Å². The van der Waals surface area contributed by atoms with Crippen molar-refractivity contribution in [3.63, 3.8) is 0 Å². The van der Waals surface area contributed by atoms with Crippen LogP contribution in [0, 0.1) is 0 Å². The van der Waals surface area contributed by atoms with E-state index in [2.05, 4.69) is 6.58 Å². The largest absolute Gasteiger partial charge is 0.443 e. The van der Waals surface area contributed by atoms with Crippen molar-refractivity contribution in [2.24, 2.45) is 4.99 Å². The number of ether oxygens (including phenoxy) is 4. The van der Waals surface area contributed by atoms with Gasteiger partial charge < -0.3 is 23.7 Å². The Hall–Kier alpha value is -2.98. The molecule has 2 aromatic carbocycles. The van der Waals surface area contributed by atoms with Crippen molar-refractivity contribution in [2.45, 2.75) is 69.4 Å². The van der Waals surface area contributed by atoms with Gasteiger partial charge in [-0.2, -0.15) is 0 Å². The Morgan fingerprint density at radius 2 is 1.61 bits per heavy atom. The summed E-state index contributed by atoms with van der Waals surface area (Å²) in [7, 11) is 0. The number of amidine groups is 1. The number of aldehydes is 1. The average molecular weight is 539 g/mol. The SMILES string of the molecule is C=CCN(C(=O)OC(C)(C)C)C1=NC2C(OC(C=O)C(OCc3ccccc3)C2OCc2ccccc2)S1. The lowest BCUT2D eigenvalue weighted by Crippen LogP contribution is -2.57. The number of amides is 1. The molecule has 2 aromatic rings. The summed E-state index contributed by atoms with van der Waals surface area (Å²) in [5.41, 5.74) is 0.738. The van der Waals surface area contributed by atoms with E-state index >= 15 is 0 Å². The van der Waals surface area contributed by atoms with Crippen LogP contribution in [0.15, 0.2) is 78.3 Å². The number of aliphatic imine (C=N–C) groups is 1. The van der Waals surface area contributed by atoms with Crippen LogP contribution in [0.2, 0.25) is 0 Å². The van der Waals surface area contributed by atoms with Crippen LogP contribution in [-0.4, -0.2) is 64.4 Å². The molecule has 4 rings (SSSR count). The van der Waals surface area contributed by atoms with Crippen molar-refractivity contribution >= 4 is 29.3 Å². The normalized spacial score (nSPS) is 24.7. The van der Waals surface area contributed by atoms with Gasteiger partial charge in [0, 0.05) is 6.54 Å². The Labute approximate surface area is 228 Å². The summed E-state index contributed by atoms with van der Waals surface area (Å²) in [6.45, 7) is 9.99. The average Bonchev–Trinajstić information content (AvgIpc) is 3.32. The lowest BCUT2D eigenvalue weighted by Gasteiger charge is -2.40. The Morgan fingerprint density at radius 3 is 2.13 bits per heavy atom. The first-order valence-corrected chi connectivity index (χ1v) is 13.4. The van der Waals surface area contributed by atoms with E-state index < -0.39 is 41.5 Å². The van der Waals surface area contributed by atoms with E-state index in [1.54, 1.807) is 26.8 Å². The number of benzene rings is 2. The highest BCUT2D eigenvalue weighted by Gasteiger charge is 2.52. The van der Waals surface area contributed by atoms with Crippen molar-refractivity contribution in [3.8, 4) is 0 Å². The zero-order chi connectivity index (χ0) is 27.1. The van der Waals surface area contributed by atoms with Crippen LogP contribution in [-0.2, 0) is 37.0 Å². The van der Waals surface area contributed by atoms with Gasteiger partial charge in [0.05, 0.1) is 13.2 Å². The zero-order valence-electron chi connectivity index (χ0n) is 21.9. The number of thioether (sulfide) groups is 1. The number of rotatable bonds is 9. The smallest absolute Gasteiger partial charge is 0.416 e. The fourth-order valence-electron chi connectivity index (χ4n) is 4.18. The molecule has 0 bridgehead atoms. The monoisotopic (exact) mass is 538 g/mol. The number of hydrogen-bond donors (Lipinski definition) is 0. The second-order valence-corrected chi connectivity index (χ2v) is 11.1. The summed E-state index contributed by atoms with van der Waals surface area (Å²) in [6.07, 6.45) is -0.333. The molecular weight excluding hydrogens is 504 g/mol. The summed E-state index contributed by atoms with van der Waals surface area (Å²) in [4.78, 5) is 31.4. The molecule has 0 aliphatic carbocycles. The number of fused-ring (bicyclic) bond motifs is 1. The molecule has 0 saturated carbocycles. The van der Waals surface area contributed by atoms with E-state index in [0.29, 0.717) is 11.8 Å². The Morgan fingerprint density at radius 1 is 1.03 bits per heavy atom. The molecule has 8 nitrogen and oxygen atoms in total. The maximum atomic E-state index is 13.0. The summed E-state index contributed by atoms with van der Waals surface area (Å²) >= 11 is 1.27. The fraction of sp³-hybridized carbons (Fsp3) is 0.414. The van der Waals surface area contributed by atoms with Crippen LogP contribution < -0.4 is 0 Å². The lowest BCUT2D eigenvalue weighted by atomic mass is 9.98. The highest BCUT2D eigenvalue weighted by atomic mass is 32.2. The first-order chi connectivity index (χ1) is 18.3. The van der Waals surface area contributed by atoms with E-state index in [1.165, 1.54) is 16.7 Å². The first kappa shape index (κ1) is 28.0. The van der Waals surface area contributed by atoms with Gasteiger partial charge in [0.2, 0.25) is 0 Å². The second kappa shape index (κ2) is 12.7. The van der Waals surface area contributed by atoms with Gasteiger partial charge in [-0.15, -0.1) is 6.58 Å². The quantitative estimate of drug-likeness (QED) is 0.329.